The molecule has 258 valence electrons. The van der Waals surface area contributed by atoms with Gasteiger partial charge in [0, 0.05) is 54.1 Å². The minimum atomic E-state index is 0.874. The van der Waals surface area contributed by atoms with Crippen LogP contribution >= 0.6 is 11.3 Å². The van der Waals surface area contributed by atoms with E-state index in [1.807, 2.05) is 23.5 Å². The molecule has 11 rings (SSSR count). The Bertz CT molecular complexity index is 3210. The van der Waals surface area contributed by atoms with Crippen LogP contribution in [-0.2, 0) is 0 Å². The molecule has 0 N–H and O–H groups in total. The van der Waals surface area contributed by atoms with E-state index in [2.05, 4.69) is 193 Å². The smallest absolute Gasteiger partial charge is 0.137 e. The summed E-state index contributed by atoms with van der Waals surface area (Å²) < 4.78 is 9.02. The molecule has 0 aliphatic rings. The molecule has 0 atom stereocenters. The van der Waals surface area contributed by atoms with Crippen LogP contribution in [0.4, 0.5) is 17.1 Å². The van der Waals surface area contributed by atoms with Gasteiger partial charge in [0.25, 0.3) is 0 Å². The Kier molecular flexibility index (Phi) is 7.39. The maximum Gasteiger partial charge on any atom is 0.137 e. The molecule has 0 fully saturated rings. The lowest BCUT2D eigenvalue weighted by atomic mass is 9.97. The highest BCUT2D eigenvalue weighted by Crippen LogP contribution is 2.43. The molecule has 0 amide bonds. The quantitative estimate of drug-likeness (QED) is 0.170. The van der Waals surface area contributed by atoms with Crippen molar-refractivity contribution in [3.63, 3.8) is 0 Å². The van der Waals surface area contributed by atoms with Gasteiger partial charge in [-0.05, 0) is 105 Å². The van der Waals surface area contributed by atoms with E-state index in [0.29, 0.717) is 0 Å². The van der Waals surface area contributed by atoms with Gasteiger partial charge in [0.1, 0.15) is 11.2 Å². The number of para-hydroxylation sites is 1. The molecule has 0 saturated heterocycles. The summed E-state index contributed by atoms with van der Waals surface area (Å²) in [4.78, 5) is 2.33. The van der Waals surface area contributed by atoms with E-state index in [0.717, 1.165) is 39.0 Å². The van der Waals surface area contributed by atoms with Crippen LogP contribution < -0.4 is 4.90 Å². The molecule has 2 nitrogen and oxygen atoms in total. The fourth-order valence-corrected chi connectivity index (χ4v) is 9.35. The summed E-state index contributed by atoms with van der Waals surface area (Å²) in [6.07, 6.45) is 0. The van der Waals surface area contributed by atoms with Gasteiger partial charge in [0.15, 0.2) is 0 Å². The summed E-state index contributed by atoms with van der Waals surface area (Å²) in [5.41, 5.74) is 12.2. The molecule has 0 unspecified atom stereocenters. The molecule has 11 aromatic rings. The second-order valence-electron chi connectivity index (χ2n) is 14.1. The van der Waals surface area contributed by atoms with Crippen LogP contribution in [0.1, 0.15) is 0 Å². The Morgan fingerprint density at radius 1 is 0.345 bits per heavy atom. The molecule has 2 heterocycles. The van der Waals surface area contributed by atoms with Gasteiger partial charge in [-0.25, -0.2) is 0 Å². The van der Waals surface area contributed by atoms with Crippen molar-refractivity contribution < 1.29 is 4.42 Å². The predicted octanol–water partition coefficient (Wildman–Crippen LogP) is 15.6. The van der Waals surface area contributed by atoms with Crippen LogP contribution in [0.3, 0.4) is 0 Å². The van der Waals surface area contributed by atoms with Crippen LogP contribution in [0.2, 0.25) is 0 Å². The summed E-state index contributed by atoms with van der Waals surface area (Å²) in [5.74, 6) is 0. The zero-order chi connectivity index (χ0) is 36.3. The van der Waals surface area contributed by atoms with Crippen molar-refractivity contribution in [2.24, 2.45) is 0 Å². The fourth-order valence-electron chi connectivity index (χ4n) is 8.12. The third kappa shape index (κ3) is 5.48. The first kappa shape index (κ1) is 31.6. The molecule has 0 radical (unpaired) electrons. The molecule has 0 saturated carbocycles. The summed E-state index contributed by atoms with van der Waals surface area (Å²) in [6.45, 7) is 0. The predicted molar refractivity (Wildman–Crippen MR) is 235 cm³/mol. The van der Waals surface area contributed by atoms with E-state index < -0.39 is 0 Å². The van der Waals surface area contributed by atoms with Crippen molar-refractivity contribution in [2.45, 2.75) is 0 Å². The number of hydrogen-bond acceptors (Lipinski definition) is 3. The normalized spacial score (nSPS) is 11.6. The highest BCUT2D eigenvalue weighted by Gasteiger charge is 2.17. The molecule has 0 aliphatic heterocycles. The number of anilines is 3. The SMILES string of the molecule is c1cc(-c2ccc(N(c3ccc(-c4cccc5c4sc4ccccc45)cc3)c3ccc4c(c3)oc3ccccc34)cc2)cc(-c2ccc3ccccc3c2)c1. The summed E-state index contributed by atoms with van der Waals surface area (Å²) in [6, 6.07) is 72.2. The number of fused-ring (bicyclic) bond motifs is 7. The zero-order valence-electron chi connectivity index (χ0n) is 29.8. The third-order valence-electron chi connectivity index (χ3n) is 10.9. The number of nitrogens with zero attached hydrogens (tertiary/aromatic N) is 1. The van der Waals surface area contributed by atoms with Gasteiger partial charge in [0.2, 0.25) is 0 Å². The molecule has 3 heteroatoms. The van der Waals surface area contributed by atoms with Crippen LogP contribution in [0.5, 0.6) is 0 Å². The first-order chi connectivity index (χ1) is 27.2. The van der Waals surface area contributed by atoms with Gasteiger partial charge in [-0.3, -0.25) is 0 Å². The Morgan fingerprint density at radius 2 is 0.945 bits per heavy atom. The topological polar surface area (TPSA) is 16.4 Å². The largest absolute Gasteiger partial charge is 0.456 e. The number of thiophene rings is 1. The Morgan fingerprint density at radius 3 is 1.78 bits per heavy atom. The van der Waals surface area contributed by atoms with Crippen LogP contribution in [0, 0.1) is 0 Å². The van der Waals surface area contributed by atoms with Crippen molar-refractivity contribution in [2.75, 3.05) is 4.90 Å². The Hall–Kier alpha value is -6.94. The van der Waals surface area contributed by atoms with E-state index >= 15 is 0 Å². The van der Waals surface area contributed by atoms with E-state index in [1.165, 1.54) is 64.3 Å². The van der Waals surface area contributed by atoms with Crippen molar-refractivity contribution in [1.82, 2.24) is 0 Å². The highest BCUT2D eigenvalue weighted by molar-refractivity contribution is 7.26. The lowest BCUT2D eigenvalue weighted by molar-refractivity contribution is 0.669. The standard InChI is InChI=1S/C52H33NOS/c1-2-10-37-32-40(20-19-34(37)9-1)39-12-7-11-38(31-39)35-21-25-41(26-22-35)53(43-29-30-46-45-13-3-5-17-49(45)54-50(46)33-43)42-27-23-36(24-28-42)44-15-8-16-48-47-14-4-6-18-51(47)55-52(44)48/h1-33H. The van der Waals surface area contributed by atoms with Crippen LogP contribution in [-0.4, -0.2) is 0 Å². The van der Waals surface area contributed by atoms with E-state index in [-0.39, 0.29) is 0 Å². The molecule has 0 aliphatic carbocycles. The van der Waals surface area contributed by atoms with Gasteiger partial charge >= 0.3 is 0 Å². The zero-order valence-corrected chi connectivity index (χ0v) is 30.6. The van der Waals surface area contributed by atoms with Crippen molar-refractivity contribution in [3.05, 3.63) is 200 Å². The van der Waals surface area contributed by atoms with Crippen LogP contribution in [0.15, 0.2) is 205 Å². The van der Waals surface area contributed by atoms with E-state index in [4.69, 9.17) is 4.42 Å². The molecule has 9 aromatic carbocycles. The first-order valence-electron chi connectivity index (χ1n) is 18.7. The van der Waals surface area contributed by atoms with Crippen molar-refractivity contribution in [3.8, 4) is 33.4 Å². The van der Waals surface area contributed by atoms with Gasteiger partial charge in [-0.1, -0.05) is 133 Å². The highest BCUT2D eigenvalue weighted by atomic mass is 32.1. The average Bonchev–Trinajstić information content (AvgIpc) is 3.82. The van der Waals surface area contributed by atoms with Crippen molar-refractivity contribution >= 4 is 81.3 Å². The Balaban J connectivity index is 0.987. The molecule has 55 heavy (non-hydrogen) atoms. The second-order valence-corrected chi connectivity index (χ2v) is 15.2. The number of furan rings is 1. The van der Waals surface area contributed by atoms with Gasteiger partial charge in [-0.15, -0.1) is 11.3 Å². The lowest BCUT2D eigenvalue weighted by Crippen LogP contribution is -2.09. The molecule has 0 bridgehead atoms. The van der Waals surface area contributed by atoms with Crippen LogP contribution in [0.25, 0.3) is 86.3 Å². The Labute approximate surface area is 322 Å². The first-order valence-corrected chi connectivity index (χ1v) is 19.5. The number of hydrogen-bond donors (Lipinski definition) is 0. The molecule has 0 spiro atoms. The third-order valence-corrected chi connectivity index (χ3v) is 12.1. The maximum absolute atomic E-state index is 6.38. The number of rotatable bonds is 6. The summed E-state index contributed by atoms with van der Waals surface area (Å²) in [5, 5.41) is 7.38. The minimum absolute atomic E-state index is 0.874. The monoisotopic (exact) mass is 719 g/mol. The van der Waals surface area contributed by atoms with Gasteiger partial charge < -0.3 is 9.32 Å². The molecular formula is C52H33NOS. The molecule has 2 aromatic heterocycles. The summed E-state index contributed by atoms with van der Waals surface area (Å²) >= 11 is 1.87. The fraction of sp³-hybridized carbons (Fsp3) is 0. The minimum Gasteiger partial charge on any atom is -0.456 e. The van der Waals surface area contributed by atoms with E-state index in [1.54, 1.807) is 0 Å². The lowest BCUT2D eigenvalue weighted by Gasteiger charge is -2.26. The van der Waals surface area contributed by atoms with Crippen molar-refractivity contribution in [1.29, 1.82) is 0 Å². The second kappa shape index (κ2) is 12.9. The van der Waals surface area contributed by atoms with Gasteiger partial charge in [-0.2, -0.15) is 0 Å². The molecular weight excluding hydrogens is 687 g/mol. The summed E-state index contributed by atoms with van der Waals surface area (Å²) in [7, 11) is 0. The van der Waals surface area contributed by atoms with Gasteiger partial charge in [0.05, 0.1) is 0 Å². The maximum atomic E-state index is 6.38. The average molecular weight is 720 g/mol. The van der Waals surface area contributed by atoms with E-state index in [9.17, 15) is 0 Å². The number of benzene rings is 9.